The van der Waals surface area contributed by atoms with E-state index in [2.05, 4.69) is 10.3 Å². The van der Waals surface area contributed by atoms with Crippen LogP contribution in [0.2, 0.25) is 5.02 Å². The van der Waals surface area contributed by atoms with Gasteiger partial charge in [-0.05, 0) is 30.8 Å². The van der Waals surface area contributed by atoms with Gasteiger partial charge in [0.25, 0.3) is 0 Å². The quantitative estimate of drug-likeness (QED) is 0.887. The summed E-state index contributed by atoms with van der Waals surface area (Å²) in [6, 6.07) is 7.33. The molecule has 2 heterocycles. The van der Waals surface area contributed by atoms with E-state index in [0.717, 1.165) is 18.0 Å². The van der Waals surface area contributed by atoms with Gasteiger partial charge >= 0.3 is 0 Å². The van der Waals surface area contributed by atoms with Crippen LogP contribution in [0.15, 0.2) is 41.1 Å². The fourth-order valence-electron chi connectivity index (χ4n) is 1.60. The van der Waals surface area contributed by atoms with Gasteiger partial charge in [0.2, 0.25) is 0 Å². The molecule has 1 N–H and O–H groups in total. The molecule has 0 aliphatic carbocycles. The summed E-state index contributed by atoms with van der Waals surface area (Å²) in [6.45, 7) is 2.85. The molecule has 1 unspecified atom stereocenters. The van der Waals surface area contributed by atoms with E-state index < -0.39 is 0 Å². The third kappa shape index (κ3) is 2.26. The van der Waals surface area contributed by atoms with Crippen LogP contribution in [0.1, 0.15) is 24.4 Å². The normalized spacial score (nSPS) is 12.6. The number of halogens is 1. The summed E-state index contributed by atoms with van der Waals surface area (Å²) in [7, 11) is 0. The summed E-state index contributed by atoms with van der Waals surface area (Å²) in [6.07, 6.45) is 3.38. The molecule has 16 heavy (non-hydrogen) atoms. The van der Waals surface area contributed by atoms with Crippen molar-refractivity contribution >= 4 is 11.6 Å². The second-order valence-corrected chi connectivity index (χ2v) is 3.78. The highest BCUT2D eigenvalue weighted by Crippen LogP contribution is 2.26. The molecule has 0 aromatic carbocycles. The van der Waals surface area contributed by atoms with E-state index in [9.17, 15) is 0 Å². The Labute approximate surface area is 99.5 Å². The first-order chi connectivity index (χ1) is 7.83. The van der Waals surface area contributed by atoms with E-state index in [4.69, 9.17) is 16.0 Å². The molecule has 2 rings (SSSR count). The molecule has 0 amide bonds. The molecule has 3 nitrogen and oxygen atoms in total. The summed E-state index contributed by atoms with van der Waals surface area (Å²) < 4.78 is 5.40. The van der Waals surface area contributed by atoms with Crippen LogP contribution >= 0.6 is 11.6 Å². The van der Waals surface area contributed by atoms with Crippen LogP contribution in [0, 0.1) is 0 Å². The first-order valence-corrected chi connectivity index (χ1v) is 5.58. The average Bonchev–Trinajstić information content (AvgIpc) is 2.80. The molecular formula is C12H13ClN2O. The Morgan fingerprint density at radius 2 is 2.31 bits per heavy atom. The Kier molecular flexibility index (Phi) is 3.59. The maximum atomic E-state index is 6.13. The minimum atomic E-state index is -0.0892. The fraction of sp³-hybridized carbons (Fsp3) is 0.250. The number of hydrogen-bond donors (Lipinski definition) is 1. The number of aromatic nitrogens is 1. The van der Waals surface area contributed by atoms with Gasteiger partial charge in [0.15, 0.2) is 0 Å². The molecule has 0 aliphatic rings. The van der Waals surface area contributed by atoms with Crippen molar-refractivity contribution in [2.24, 2.45) is 0 Å². The summed E-state index contributed by atoms with van der Waals surface area (Å²) >= 11 is 6.13. The molecule has 0 spiro atoms. The van der Waals surface area contributed by atoms with Crippen LogP contribution in [-0.4, -0.2) is 11.5 Å². The Hall–Kier alpha value is -1.32. The van der Waals surface area contributed by atoms with Crippen molar-refractivity contribution < 1.29 is 4.42 Å². The fourth-order valence-corrected chi connectivity index (χ4v) is 1.83. The predicted molar refractivity (Wildman–Crippen MR) is 63.5 cm³/mol. The van der Waals surface area contributed by atoms with Crippen molar-refractivity contribution in [2.75, 3.05) is 6.54 Å². The first kappa shape index (κ1) is 11.2. The second kappa shape index (κ2) is 5.14. The number of pyridine rings is 1. The second-order valence-electron chi connectivity index (χ2n) is 3.38. The molecule has 0 saturated heterocycles. The zero-order chi connectivity index (χ0) is 11.4. The smallest absolute Gasteiger partial charge is 0.126 e. The highest BCUT2D eigenvalue weighted by Gasteiger charge is 2.19. The molecule has 0 fully saturated rings. The van der Waals surface area contributed by atoms with Crippen molar-refractivity contribution in [2.45, 2.75) is 13.0 Å². The average molecular weight is 237 g/mol. The van der Waals surface area contributed by atoms with Crippen molar-refractivity contribution in [3.8, 4) is 0 Å². The van der Waals surface area contributed by atoms with Crippen LogP contribution in [-0.2, 0) is 0 Å². The van der Waals surface area contributed by atoms with Crippen LogP contribution in [0.25, 0.3) is 0 Å². The van der Waals surface area contributed by atoms with E-state index in [1.807, 2.05) is 31.2 Å². The third-order valence-corrected chi connectivity index (χ3v) is 2.62. The van der Waals surface area contributed by atoms with Gasteiger partial charge in [0, 0.05) is 6.20 Å². The van der Waals surface area contributed by atoms with Crippen LogP contribution in [0.5, 0.6) is 0 Å². The molecule has 2 aromatic rings. The lowest BCUT2D eigenvalue weighted by molar-refractivity contribution is 0.447. The lowest BCUT2D eigenvalue weighted by Crippen LogP contribution is -2.22. The number of furan rings is 1. The number of hydrogen-bond acceptors (Lipinski definition) is 3. The molecule has 0 bridgehead atoms. The predicted octanol–water partition coefficient (Wildman–Crippen LogP) is 3.03. The van der Waals surface area contributed by atoms with E-state index in [1.54, 1.807) is 12.5 Å². The van der Waals surface area contributed by atoms with Gasteiger partial charge in [-0.2, -0.15) is 0 Å². The summed E-state index contributed by atoms with van der Waals surface area (Å²) in [4.78, 5) is 4.30. The van der Waals surface area contributed by atoms with E-state index in [1.165, 1.54) is 0 Å². The Balaban J connectivity index is 2.37. The topological polar surface area (TPSA) is 38.1 Å². The molecule has 0 saturated carbocycles. The summed E-state index contributed by atoms with van der Waals surface area (Å²) in [5, 5.41) is 3.94. The Morgan fingerprint density at radius 3 is 2.94 bits per heavy atom. The van der Waals surface area contributed by atoms with Gasteiger partial charge in [-0.3, -0.25) is 4.98 Å². The van der Waals surface area contributed by atoms with Gasteiger partial charge in [-0.15, -0.1) is 0 Å². The lowest BCUT2D eigenvalue weighted by atomic mass is 10.1. The molecule has 1 atom stereocenters. The lowest BCUT2D eigenvalue weighted by Gasteiger charge is -2.15. The molecule has 0 aliphatic heterocycles. The van der Waals surface area contributed by atoms with E-state index in [-0.39, 0.29) is 6.04 Å². The molecule has 0 radical (unpaired) electrons. The summed E-state index contributed by atoms with van der Waals surface area (Å²) in [5.41, 5.74) is 0.793. The number of nitrogens with one attached hydrogen (secondary N) is 1. The van der Waals surface area contributed by atoms with Crippen molar-refractivity contribution in [3.63, 3.8) is 0 Å². The molecular weight excluding hydrogens is 224 g/mol. The van der Waals surface area contributed by atoms with Crippen LogP contribution in [0.3, 0.4) is 0 Å². The van der Waals surface area contributed by atoms with E-state index in [0.29, 0.717) is 5.02 Å². The molecule has 84 valence electrons. The standard InChI is InChI=1S/C12H13ClN2O/c1-2-14-12(10-6-4-8-16-10)11-9(13)5-3-7-15-11/h3-8,12,14H,2H2,1H3. The SMILES string of the molecule is CCNC(c1ccco1)c1ncccc1Cl. The molecule has 4 heteroatoms. The van der Waals surface area contributed by atoms with Gasteiger partial charge in [-0.1, -0.05) is 18.5 Å². The Morgan fingerprint density at radius 1 is 1.44 bits per heavy atom. The minimum Gasteiger partial charge on any atom is -0.467 e. The van der Waals surface area contributed by atoms with Crippen LogP contribution < -0.4 is 5.32 Å². The summed E-state index contributed by atoms with van der Waals surface area (Å²) in [5.74, 6) is 0.822. The Bertz CT molecular complexity index is 442. The maximum absolute atomic E-state index is 6.13. The third-order valence-electron chi connectivity index (χ3n) is 2.30. The maximum Gasteiger partial charge on any atom is 0.126 e. The monoisotopic (exact) mass is 236 g/mol. The first-order valence-electron chi connectivity index (χ1n) is 5.20. The van der Waals surface area contributed by atoms with Gasteiger partial charge < -0.3 is 9.73 Å². The van der Waals surface area contributed by atoms with Crippen molar-refractivity contribution in [1.82, 2.24) is 10.3 Å². The van der Waals surface area contributed by atoms with Crippen LogP contribution in [0.4, 0.5) is 0 Å². The highest BCUT2D eigenvalue weighted by atomic mass is 35.5. The molecule has 2 aromatic heterocycles. The largest absolute Gasteiger partial charge is 0.467 e. The minimum absolute atomic E-state index is 0.0892. The number of rotatable bonds is 4. The zero-order valence-corrected chi connectivity index (χ0v) is 9.74. The van der Waals surface area contributed by atoms with Gasteiger partial charge in [0.1, 0.15) is 11.8 Å². The van der Waals surface area contributed by atoms with Crippen molar-refractivity contribution in [1.29, 1.82) is 0 Å². The van der Waals surface area contributed by atoms with Gasteiger partial charge in [0.05, 0.1) is 17.0 Å². The zero-order valence-electron chi connectivity index (χ0n) is 8.98. The number of nitrogens with zero attached hydrogens (tertiary/aromatic N) is 1. The highest BCUT2D eigenvalue weighted by molar-refractivity contribution is 6.31. The van der Waals surface area contributed by atoms with Gasteiger partial charge in [-0.25, -0.2) is 0 Å². The van der Waals surface area contributed by atoms with E-state index >= 15 is 0 Å². The van der Waals surface area contributed by atoms with Crippen molar-refractivity contribution in [3.05, 3.63) is 53.2 Å².